The van der Waals surface area contributed by atoms with Crippen LogP contribution < -0.4 is 15.4 Å². The third-order valence-corrected chi connectivity index (χ3v) is 4.72. The minimum absolute atomic E-state index is 0.171. The zero-order valence-electron chi connectivity index (χ0n) is 15.0. The highest BCUT2D eigenvalue weighted by Gasteiger charge is 2.07. The highest BCUT2D eigenvalue weighted by atomic mass is 32.1. The molecule has 1 aromatic carbocycles. The SMILES string of the molecule is CN=C(NCCc1cccs1)NCc1ccc(Oc2cccnc2)c(F)c1. The summed E-state index contributed by atoms with van der Waals surface area (Å²) in [6.45, 7) is 1.25. The molecule has 7 heteroatoms. The maximum Gasteiger partial charge on any atom is 0.191 e. The smallest absolute Gasteiger partial charge is 0.191 e. The number of hydrogen-bond acceptors (Lipinski definition) is 4. The molecule has 0 aliphatic heterocycles. The van der Waals surface area contributed by atoms with Crippen molar-refractivity contribution in [2.24, 2.45) is 4.99 Å². The van der Waals surface area contributed by atoms with Crippen LogP contribution in [0, 0.1) is 5.82 Å². The zero-order chi connectivity index (χ0) is 18.9. The second kappa shape index (κ2) is 9.68. The van der Waals surface area contributed by atoms with Gasteiger partial charge in [0.15, 0.2) is 17.5 Å². The van der Waals surface area contributed by atoms with Gasteiger partial charge >= 0.3 is 0 Å². The Morgan fingerprint density at radius 3 is 2.85 bits per heavy atom. The monoisotopic (exact) mass is 384 g/mol. The highest BCUT2D eigenvalue weighted by molar-refractivity contribution is 7.09. The number of nitrogens with one attached hydrogen (secondary N) is 2. The Bertz CT molecular complexity index is 869. The third kappa shape index (κ3) is 5.79. The van der Waals surface area contributed by atoms with Crippen LogP contribution >= 0.6 is 11.3 Å². The summed E-state index contributed by atoms with van der Waals surface area (Å²) in [6.07, 6.45) is 4.12. The molecule has 0 aliphatic carbocycles. The molecule has 2 aromatic heterocycles. The normalized spacial score (nSPS) is 11.3. The Morgan fingerprint density at radius 1 is 1.22 bits per heavy atom. The fourth-order valence-corrected chi connectivity index (χ4v) is 3.15. The average molecular weight is 384 g/mol. The first-order valence-corrected chi connectivity index (χ1v) is 9.46. The average Bonchev–Trinajstić information content (AvgIpc) is 3.21. The lowest BCUT2D eigenvalue weighted by Gasteiger charge is -2.12. The maximum atomic E-state index is 14.3. The highest BCUT2D eigenvalue weighted by Crippen LogP contribution is 2.24. The van der Waals surface area contributed by atoms with Gasteiger partial charge in [0, 0.05) is 31.2 Å². The van der Waals surface area contributed by atoms with Crippen LogP contribution in [0.5, 0.6) is 11.5 Å². The number of thiophene rings is 1. The predicted molar refractivity (Wildman–Crippen MR) is 107 cm³/mol. The van der Waals surface area contributed by atoms with Crippen LogP contribution in [0.1, 0.15) is 10.4 Å². The van der Waals surface area contributed by atoms with Crippen LogP contribution in [0.25, 0.3) is 0 Å². The minimum Gasteiger partial charge on any atom is -0.453 e. The van der Waals surface area contributed by atoms with Crippen LogP contribution in [-0.4, -0.2) is 24.5 Å². The molecule has 0 atom stereocenters. The Kier molecular flexibility index (Phi) is 6.76. The molecule has 140 valence electrons. The Labute approximate surface area is 162 Å². The van der Waals surface area contributed by atoms with Crippen molar-refractivity contribution in [3.63, 3.8) is 0 Å². The molecule has 0 fully saturated rings. The summed E-state index contributed by atoms with van der Waals surface area (Å²) in [5.74, 6) is 0.935. The Balaban J connectivity index is 1.50. The van der Waals surface area contributed by atoms with Crippen LogP contribution in [0.15, 0.2) is 65.2 Å². The van der Waals surface area contributed by atoms with Crippen molar-refractivity contribution in [2.45, 2.75) is 13.0 Å². The standard InChI is InChI=1S/C20H21FN4OS/c1-22-20(24-10-8-17-5-3-11-27-17)25-13-15-6-7-19(18(21)12-15)26-16-4-2-9-23-14-16/h2-7,9,11-12,14H,8,10,13H2,1H3,(H2,22,24,25). The van der Waals surface area contributed by atoms with Gasteiger partial charge in [0.05, 0.1) is 6.20 Å². The number of nitrogens with zero attached hydrogens (tertiary/aromatic N) is 2. The molecule has 2 N–H and O–H groups in total. The van der Waals surface area contributed by atoms with E-state index in [0.717, 1.165) is 18.5 Å². The third-order valence-electron chi connectivity index (χ3n) is 3.79. The molecular formula is C20H21FN4OS. The van der Waals surface area contributed by atoms with Gasteiger partial charge in [-0.15, -0.1) is 11.3 Å². The zero-order valence-corrected chi connectivity index (χ0v) is 15.8. The van der Waals surface area contributed by atoms with Gasteiger partial charge in [-0.2, -0.15) is 0 Å². The molecule has 2 heterocycles. The van der Waals surface area contributed by atoms with E-state index in [2.05, 4.69) is 32.1 Å². The Morgan fingerprint density at radius 2 is 2.15 bits per heavy atom. The van der Waals surface area contributed by atoms with Crippen molar-refractivity contribution in [1.29, 1.82) is 0 Å². The first kappa shape index (κ1) is 18.8. The van der Waals surface area contributed by atoms with Crippen LogP contribution in [0.4, 0.5) is 4.39 Å². The summed E-state index contributed by atoms with van der Waals surface area (Å²) in [7, 11) is 1.71. The number of benzene rings is 1. The second-order valence-corrected chi connectivity index (χ2v) is 6.77. The molecule has 0 bridgehead atoms. The van der Waals surface area contributed by atoms with Crippen molar-refractivity contribution in [3.05, 3.63) is 76.5 Å². The molecule has 0 spiro atoms. The molecule has 3 aromatic rings. The van der Waals surface area contributed by atoms with E-state index >= 15 is 0 Å². The van der Waals surface area contributed by atoms with Gasteiger partial charge in [0.1, 0.15) is 5.75 Å². The summed E-state index contributed by atoms with van der Waals surface area (Å²) in [5.41, 5.74) is 0.798. The van der Waals surface area contributed by atoms with E-state index in [1.54, 1.807) is 49.0 Å². The predicted octanol–water partition coefficient (Wildman–Crippen LogP) is 3.98. The number of aliphatic imine (C=N–C) groups is 1. The summed E-state index contributed by atoms with van der Waals surface area (Å²) in [5, 5.41) is 8.51. The molecular weight excluding hydrogens is 363 g/mol. The lowest BCUT2D eigenvalue weighted by atomic mass is 10.2. The molecule has 0 saturated heterocycles. The van der Waals surface area contributed by atoms with E-state index in [1.807, 2.05) is 12.1 Å². The van der Waals surface area contributed by atoms with E-state index in [1.165, 1.54) is 10.9 Å². The lowest BCUT2D eigenvalue weighted by Crippen LogP contribution is -2.37. The molecule has 0 radical (unpaired) electrons. The number of rotatable bonds is 7. The van der Waals surface area contributed by atoms with E-state index in [9.17, 15) is 4.39 Å². The number of guanidine groups is 1. The lowest BCUT2D eigenvalue weighted by molar-refractivity contribution is 0.440. The van der Waals surface area contributed by atoms with Gasteiger partial charge in [-0.05, 0) is 47.7 Å². The number of pyridine rings is 1. The number of halogens is 1. The maximum absolute atomic E-state index is 14.3. The first-order chi connectivity index (χ1) is 13.2. The van der Waals surface area contributed by atoms with Gasteiger partial charge in [-0.3, -0.25) is 9.98 Å². The molecule has 27 heavy (non-hydrogen) atoms. The molecule has 0 unspecified atom stereocenters. The molecule has 0 saturated carbocycles. The van der Waals surface area contributed by atoms with Crippen molar-refractivity contribution in [3.8, 4) is 11.5 Å². The van der Waals surface area contributed by atoms with Gasteiger partial charge < -0.3 is 15.4 Å². The fourth-order valence-electron chi connectivity index (χ4n) is 2.44. The number of hydrogen-bond donors (Lipinski definition) is 2. The van der Waals surface area contributed by atoms with Gasteiger partial charge in [0.2, 0.25) is 0 Å². The van der Waals surface area contributed by atoms with Gasteiger partial charge in [-0.25, -0.2) is 4.39 Å². The van der Waals surface area contributed by atoms with E-state index in [0.29, 0.717) is 18.3 Å². The van der Waals surface area contributed by atoms with Crippen molar-refractivity contribution in [2.75, 3.05) is 13.6 Å². The van der Waals surface area contributed by atoms with Crippen molar-refractivity contribution < 1.29 is 9.13 Å². The molecule has 0 amide bonds. The van der Waals surface area contributed by atoms with Gasteiger partial charge in [-0.1, -0.05) is 12.1 Å². The van der Waals surface area contributed by atoms with E-state index in [-0.39, 0.29) is 5.75 Å². The quantitative estimate of drug-likeness (QED) is 0.478. The summed E-state index contributed by atoms with van der Waals surface area (Å²) in [6, 6.07) is 12.5. The first-order valence-electron chi connectivity index (χ1n) is 8.58. The van der Waals surface area contributed by atoms with Gasteiger partial charge in [0.25, 0.3) is 0 Å². The molecule has 3 rings (SSSR count). The van der Waals surface area contributed by atoms with Crippen LogP contribution in [0.2, 0.25) is 0 Å². The largest absolute Gasteiger partial charge is 0.453 e. The van der Waals surface area contributed by atoms with Crippen molar-refractivity contribution in [1.82, 2.24) is 15.6 Å². The Hall–Kier alpha value is -2.93. The topological polar surface area (TPSA) is 58.5 Å². The number of ether oxygens (including phenoxy) is 1. The van der Waals surface area contributed by atoms with Crippen LogP contribution in [-0.2, 0) is 13.0 Å². The van der Waals surface area contributed by atoms with Crippen LogP contribution in [0.3, 0.4) is 0 Å². The van der Waals surface area contributed by atoms with E-state index in [4.69, 9.17) is 4.74 Å². The second-order valence-electron chi connectivity index (χ2n) is 5.74. The molecule has 0 aliphatic rings. The summed E-state index contributed by atoms with van der Waals surface area (Å²) in [4.78, 5) is 9.46. The number of aromatic nitrogens is 1. The molecule has 5 nitrogen and oxygen atoms in total. The van der Waals surface area contributed by atoms with Crippen molar-refractivity contribution >= 4 is 17.3 Å². The van der Waals surface area contributed by atoms with E-state index < -0.39 is 5.82 Å². The summed E-state index contributed by atoms with van der Waals surface area (Å²) >= 11 is 1.74. The summed E-state index contributed by atoms with van der Waals surface area (Å²) < 4.78 is 19.8. The fraction of sp³-hybridized carbons (Fsp3) is 0.200. The minimum atomic E-state index is -0.418.